The summed E-state index contributed by atoms with van der Waals surface area (Å²) >= 11 is 0. The second-order valence-corrected chi connectivity index (χ2v) is 7.68. The first kappa shape index (κ1) is 18.4. The van der Waals surface area contributed by atoms with E-state index in [1.54, 1.807) is 12.3 Å². The fourth-order valence-electron chi connectivity index (χ4n) is 3.85. The maximum absolute atomic E-state index is 12.8. The minimum atomic E-state index is -0.202. The first-order valence-corrected chi connectivity index (χ1v) is 9.88. The SMILES string of the molecule is CC[C@H](Cn1ncc2ccccc2c1=O)NC(=O)c1n[nH]c2c1C[C@H](C)CC2. The average molecular weight is 379 g/mol. The Labute approximate surface area is 163 Å². The van der Waals surface area contributed by atoms with E-state index in [9.17, 15) is 9.59 Å². The number of aryl methyl sites for hydroxylation is 1. The number of amides is 1. The van der Waals surface area contributed by atoms with Gasteiger partial charge in [-0.25, -0.2) is 4.68 Å². The summed E-state index contributed by atoms with van der Waals surface area (Å²) in [6, 6.07) is 7.19. The van der Waals surface area contributed by atoms with Gasteiger partial charge in [-0.1, -0.05) is 32.0 Å². The number of hydrogen-bond donors (Lipinski definition) is 2. The lowest BCUT2D eigenvalue weighted by molar-refractivity contribution is 0.0924. The van der Waals surface area contributed by atoms with Crippen molar-refractivity contribution in [1.82, 2.24) is 25.3 Å². The van der Waals surface area contributed by atoms with Gasteiger partial charge in [0.05, 0.1) is 18.1 Å². The predicted octanol–water partition coefficient (Wildman–Crippen LogP) is 2.45. The quantitative estimate of drug-likeness (QED) is 0.712. The maximum Gasteiger partial charge on any atom is 0.274 e. The van der Waals surface area contributed by atoms with E-state index >= 15 is 0 Å². The molecule has 0 fully saturated rings. The lowest BCUT2D eigenvalue weighted by Gasteiger charge is -2.20. The predicted molar refractivity (Wildman–Crippen MR) is 107 cm³/mol. The molecular weight excluding hydrogens is 354 g/mol. The third kappa shape index (κ3) is 3.44. The van der Waals surface area contributed by atoms with E-state index < -0.39 is 0 Å². The molecule has 0 bridgehead atoms. The van der Waals surface area contributed by atoms with Gasteiger partial charge in [-0.05, 0) is 37.7 Å². The zero-order valence-electron chi connectivity index (χ0n) is 16.2. The zero-order chi connectivity index (χ0) is 19.7. The summed E-state index contributed by atoms with van der Waals surface area (Å²) in [6.45, 7) is 4.51. The number of nitrogens with one attached hydrogen (secondary N) is 2. The van der Waals surface area contributed by atoms with Crippen molar-refractivity contribution in [3.05, 3.63) is 57.8 Å². The molecule has 4 rings (SSSR count). The summed E-state index contributed by atoms with van der Waals surface area (Å²) in [4.78, 5) is 25.5. The number of H-pyrrole nitrogens is 1. The van der Waals surface area contributed by atoms with E-state index in [0.29, 0.717) is 30.0 Å². The molecule has 0 aliphatic heterocycles. The summed E-state index contributed by atoms with van der Waals surface area (Å²) in [5.74, 6) is 0.367. The fraction of sp³-hybridized carbons (Fsp3) is 0.429. The molecule has 28 heavy (non-hydrogen) atoms. The van der Waals surface area contributed by atoms with Crippen LogP contribution in [0, 0.1) is 5.92 Å². The van der Waals surface area contributed by atoms with Crippen molar-refractivity contribution in [2.24, 2.45) is 5.92 Å². The second kappa shape index (κ2) is 7.58. The number of benzene rings is 1. The molecule has 2 atom stereocenters. The van der Waals surface area contributed by atoms with Crippen LogP contribution in [0.15, 0.2) is 35.3 Å². The summed E-state index contributed by atoms with van der Waals surface area (Å²) < 4.78 is 1.43. The highest BCUT2D eigenvalue weighted by molar-refractivity contribution is 5.94. The molecule has 3 aromatic rings. The van der Waals surface area contributed by atoms with Crippen LogP contribution in [-0.2, 0) is 19.4 Å². The monoisotopic (exact) mass is 379 g/mol. The second-order valence-electron chi connectivity index (χ2n) is 7.68. The summed E-state index contributed by atoms with van der Waals surface area (Å²) in [5, 5.41) is 16.0. The fourth-order valence-corrected chi connectivity index (χ4v) is 3.85. The van der Waals surface area contributed by atoms with Crippen molar-refractivity contribution in [3.63, 3.8) is 0 Å². The van der Waals surface area contributed by atoms with Crippen LogP contribution in [0.1, 0.15) is 48.4 Å². The molecule has 2 aromatic heterocycles. The third-order valence-electron chi connectivity index (χ3n) is 5.59. The molecular formula is C21H25N5O2. The maximum atomic E-state index is 12.8. The number of carbonyl (C=O) groups excluding carboxylic acids is 1. The number of nitrogens with zero attached hydrogens (tertiary/aromatic N) is 3. The van der Waals surface area contributed by atoms with Gasteiger partial charge >= 0.3 is 0 Å². The highest BCUT2D eigenvalue weighted by Gasteiger charge is 2.26. The summed E-state index contributed by atoms with van der Waals surface area (Å²) in [6.07, 6.45) is 5.30. The number of fused-ring (bicyclic) bond motifs is 2. The molecule has 0 spiro atoms. The van der Waals surface area contributed by atoms with Gasteiger partial charge in [0.2, 0.25) is 0 Å². The molecule has 7 heteroatoms. The smallest absolute Gasteiger partial charge is 0.274 e. The van der Waals surface area contributed by atoms with Gasteiger partial charge in [0.15, 0.2) is 5.69 Å². The Kier molecular flexibility index (Phi) is 4.98. The Hall–Kier alpha value is -2.96. The molecule has 0 unspecified atom stereocenters. The van der Waals surface area contributed by atoms with Crippen LogP contribution in [0.2, 0.25) is 0 Å². The lowest BCUT2D eigenvalue weighted by Crippen LogP contribution is -2.41. The normalized spacial score (nSPS) is 17.3. The molecule has 7 nitrogen and oxygen atoms in total. The summed E-state index contributed by atoms with van der Waals surface area (Å²) in [5.41, 5.74) is 2.45. The molecule has 146 valence electrons. The van der Waals surface area contributed by atoms with Crippen LogP contribution in [0.3, 0.4) is 0 Å². The van der Waals surface area contributed by atoms with Crippen molar-refractivity contribution >= 4 is 16.7 Å². The van der Waals surface area contributed by atoms with Crippen LogP contribution < -0.4 is 10.9 Å². The van der Waals surface area contributed by atoms with E-state index in [4.69, 9.17) is 0 Å². The van der Waals surface area contributed by atoms with Crippen molar-refractivity contribution < 1.29 is 4.79 Å². The lowest BCUT2D eigenvalue weighted by atomic mass is 9.87. The number of carbonyl (C=O) groups is 1. The van der Waals surface area contributed by atoms with E-state index in [-0.39, 0.29) is 17.5 Å². The Bertz CT molecular complexity index is 1070. The molecule has 2 N–H and O–H groups in total. The molecule has 1 aliphatic rings. The number of aromatic nitrogens is 4. The van der Waals surface area contributed by atoms with Crippen molar-refractivity contribution in [1.29, 1.82) is 0 Å². The highest BCUT2D eigenvalue weighted by Crippen LogP contribution is 2.26. The Morgan fingerprint density at radius 2 is 2.21 bits per heavy atom. The minimum absolute atomic E-state index is 0.142. The van der Waals surface area contributed by atoms with E-state index in [0.717, 1.165) is 35.9 Å². The van der Waals surface area contributed by atoms with Gasteiger partial charge in [-0.15, -0.1) is 0 Å². The van der Waals surface area contributed by atoms with Crippen LogP contribution >= 0.6 is 0 Å². The highest BCUT2D eigenvalue weighted by atomic mass is 16.2. The molecule has 0 saturated heterocycles. The molecule has 1 amide bonds. The topological polar surface area (TPSA) is 92.7 Å². The number of hydrogen-bond acceptors (Lipinski definition) is 4. The first-order valence-electron chi connectivity index (χ1n) is 9.88. The summed E-state index contributed by atoms with van der Waals surface area (Å²) in [7, 11) is 0. The van der Waals surface area contributed by atoms with Crippen LogP contribution in [-0.4, -0.2) is 31.9 Å². The first-order chi connectivity index (χ1) is 13.6. The molecule has 2 heterocycles. The number of aromatic amines is 1. The Morgan fingerprint density at radius 3 is 3.04 bits per heavy atom. The third-order valence-corrected chi connectivity index (χ3v) is 5.59. The van der Waals surface area contributed by atoms with Crippen LogP contribution in [0.25, 0.3) is 10.8 Å². The van der Waals surface area contributed by atoms with Crippen molar-refractivity contribution in [3.8, 4) is 0 Å². The van der Waals surface area contributed by atoms with E-state index in [1.807, 2.05) is 25.1 Å². The van der Waals surface area contributed by atoms with Crippen LogP contribution in [0.4, 0.5) is 0 Å². The van der Waals surface area contributed by atoms with Crippen molar-refractivity contribution in [2.75, 3.05) is 0 Å². The average Bonchev–Trinajstić information content (AvgIpc) is 3.12. The number of rotatable bonds is 5. The van der Waals surface area contributed by atoms with E-state index in [2.05, 4.69) is 27.5 Å². The van der Waals surface area contributed by atoms with Crippen molar-refractivity contribution in [2.45, 2.75) is 52.1 Å². The van der Waals surface area contributed by atoms with Gasteiger partial charge < -0.3 is 5.32 Å². The molecule has 1 aliphatic carbocycles. The Morgan fingerprint density at radius 1 is 1.39 bits per heavy atom. The Balaban J connectivity index is 1.53. The van der Waals surface area contributed by atoms with Gasteiger partial charge in [0.1, 0.15) is 0 Å². The molecule has 1 aromatic carbocycles. The van der Waals surface area contributed by atoms with Gasteiger partial charge in [0, 0.05) is 22.7 Å². The van der Waals surface area contributed by atoms with E-state index in [1.165, 1.54) is 4.68 Å². The molecule has 0 saturated carbocycles. The van der Waals surface area contributed by atoms with Crippen LogP contribution in [0.5, 0.6) is 0 Å². The standard InChI is InChI=1S/C21H25N5O2/c1-3-15(12-26-21(28)16-7-5-4-6-14(16)11-22-26)23-20(27)19-17-10-13(2)8-9-18(17)24-25-19/h4-7,11,13,15H,3,8-10,12H2,1-2H3,(H,23,27)(H,24,25)/t13-,15-/m1/s1. The minimum Gasteiger partial charge on any atom is -0.346 e. The molecule has 0 radical (unpaired) electrons. The van der Waals surface area contributed by atoms with Gasteiger partial charge in [-0.3, -0.25) is 14.7 Å². The zero-order valence-corrected chi connectivity index (χ0v) is 16.2. The van der Waals surface area contributed by atoms with Gasteiger partial charge in [0.25, 0.3) is 11.5 Å². The largest absolute Gasteiger partial charge is 0.346 e. The van der Waals surface area contributed by atoms with Gasteiger partial charge in [-0.2, -0.15) is 10.2 Å².